The molecular formula is C14H23N3. The number of aromatic nitrogens is 2. The van der Waals surface area contributed by atoms with Crippen LogP contribution in [0.5, 0.6) is 0 Å². The first-order valence-electron chi connectivity index (χ1n) is 7.05. The Hall–Kier alpha value is -0.830. The van der Waals surface area contributed by atoms with Gasteiger partial charge in [-0.15, -0.1) is 0 Å². The van der Waals surface area contributed by atoms with Gasteiger partial charge in [0.2, 0.25) is 0 Å². The van der Waals surface area contributed by atoms with Gasteiger partial charge in [0.05, 0.1) is 6.20 Å². The fourth-order valence-electron chi connectivity index (χ4n) is 3.56. The summed E-state index contributed by atoms with van der Waals surface area (Å²) in [7, 11) is 2.01. The molecule has 0 unspecified atom stereocenters. The van der Waals surface area contributed by atoms with Crippen LogP contribution in [0.2, 0.25) is 0 Å². The predicted molar refractivity (Wildman–Crippen MR) is 68.7 cm³/mol. The van der Waals surface area contributed by atoms with Crippen molar-refractivity contribution in [1.82, 2.24) is 14.7 Å². The summed E-state index contributed by atoms with van der Waals surface area (Å²) >= 11 is 0. The van der Waals surface area contributed by atoms with Crippen molar-refractivity contribution in [2.45, 2.75) is 44.6 Å². The topological polar surface area (TPSA) is 21.1 Å². The molecule has 3 rings (SSSR count). The Morgan fingerprint density at radius 1 is 1.24 bits per heavy atom. The molecule has 0 aromatic carbocycles. The van der Waals surface area contributed by atoms with Gasteiger partial charge in [-0.05, 0) is 38.1 Å². The maximum atomic E-state index is 4.32. The molecule has 3 heteroatoms. The number of likely N-dealkylation sites (tertiary alicyclic amines) is 1. The largest absolute Gasteiger partial charge is 0.296 e. The van der Waals surface area contributed by atoms with Crippen molar-refractivity contribution in [2.75, 3.05) is 13.1 Å². The highest BCUT2D eigenvalue weighted by Gasteiger charge is 2.29. The van der Waals surface area contributed by atoms with Gasteiger partial charge in [0.15, 0.2) is 0 Å². The number of rotatable bonds is 3. The SMILES string of the molecule is Cn1cc([C@@H]2CCCN2CC2CCCC2)cn1. The lowest BCUT2D eigenvalue weighted by Gasteiger charge is -2.26. The van der Waals surface area contributed by atoms with Crippen molar-refractivity contribution in [2.24, 2.45) is 13.0 Å². The molecule has 1 aliphatic heterocycles. The highest BCUT2D eigenvalue weighted by Crippen LogP contribution is 2.35. The molecule has 2 heterocycles. The van der Waals surface area contributed by atoms with Crippen LogP contribution in [0.1, 0.15) is 50.1 Å². The normalized spacial score (nSPS) is 27.0. The van der Waals surface area contributed by atoms with Crippen molar-refractivity contribution in [1.29, 1.82) is 0 Å². The number of aryl methyl sites for hydroxylation is 1. The van der Waals surface area contributed by atoms with Crippen molar-refractivity contribution >= 4 is 0 Å². The summed E-state index contributed by atoms with van der Waals surface area (Å²) in [5, 5.41) is 4.32. The molecule has 2 aliphatic rings. The molecule has 0 spiro atoms. The van der Waals surface area contributed by atoms with Gasteiger partial charge in [0.25, 0.3) is 0 Å². The lowest BCUT2D eigenvalue weighted by atomic mass is 10.1. The summed E-state index contributed by atoms with van der Waals surface area (Å²) in [6.07, 6.45) is 12.7. The van der Waals surface area contributed by atoms with E-state index in [-0.39, 0.29) is 0 Å². The second-order valence-corrected chi connectivity index (χ2v) is 5.75. The van der Waals surface area contributed by atoms with E-state index in [9.17, 15) is 0 Å². The first-order chi connectivity index (χ1) is 8.33. The van der Waals surface area contributed by atoms with Crippen LogP contribution < -0.4 is 0 Å². The summed E-state index contributed by atoms with van der Waals surface area (Å²) in [4.78, 5) is 2.70. The van der Waals surface area contributed by atoms with Crippen LogP contribution >= 0.6 is 0 Å². The third-order valence-electron chi connectivity index (χ3n) is 4.44. The van der Waals surface area contributed by atoms with Gasteiger partial charge in [0, 0.05) is 31.4 Å². The molecule has 1 aromatic heterocycles. The van der Waals surface area contributed by atoms with Gasteiger partial charge in [-0.3, -0.25) is 9.58 Å². The van der Waals surface area contributed by atoms with Crippen LogP contribution in [0.3, 0.4) is 0 Å². The Balaban J connectivity index is 1.66. The van der Waals surface area contributed by atoms with Crippen LogP contribution in [-0.4, -0.2) is 27.8 Å². The summed E-state index contributed by atoms with van der Waals surface area (Å²) < 4.78 is 1.93. The Bertz CT molecular complexity index is 365. The first kappa shape index (κ1) is 11.3. The molecule has 1 saturated carbocycles. The van der Waals surface area contributed by atoms with Crippen LogP contribution in [0.25, 0.3) is 0 Å². The predicted octanol–water partition coefficient (Wildman–Crippen LogP) is 2.75. The molecule has 0 bridgehead atoms. The average molecular weight is 233 g/mol. The quantitative estimate of drug-likeness (QED) is 0.800. The molecule has 2 fully saturated rings. The van der Waals surface area contributed by atoms with E-state index in [1.54, 1.807) is 0 Å². The minimum Gasteiger partial charge on any atom is -0.296 e. The summed E-state index contributed by atoms with van der Waals surface area (Å²) in [5.74, 6) is 0.965. The number of hydrogen-bond acceptors (Lipinski definition) is 2. The van der Waals surface area contributed by atoms with E-state index in [2.05, 4.69) is 22.4 Å². The molecule has 0 amide bonds. The molecule has 17 heavy (non-hydrogen) atoms. The van der Waals surface area contributed by atoms with E-state index >= 15 is 0 Å². The molecule has 1 aliphatic carbocycles. The van der Waals surface area contributed by atoms with E-state index in [1.807, 2.05) is 11.7 Å². The molecule has 94 valence electrons. The van der Waals surface area contributed by atoms with Crippen molar-refractivity contribution in [3.05, 3.63) is 18.0 Å². The zero-order chi connectivity index (χ0) is 11.7. The average Bonchev–Trinajstić information content (AvgIpc) is 2.99. The summed E-state index contributed by atoms with van der Waals surface area (Å²) in [6, 6.07) is 0.643. The minimum atomic E-state index is 0.643. The van der Waals surface area contributed by atoms with Gasteiger partial charge in [-0.25, -0.2) is 0 Å². The summed E-state index contributed by atoms with van der Waals surface area (Å²) in [6.45, 7) is 2.61. The van der Waals surface area contributed by atoms with Gasteiger partial charge in [-0.1, -0.05) is 12.8 Å². The molecule has 0 N–H and O–H groups in total. The molecular weight excluding hydrogens is 210 g/mol. The first-order valence-corrected chi connectivity index (χ1v) is 7.05. The van der Waals surface area contributed by atoms with E-state index < -0.39 is 0 Å². The fraction of sp³-hybridized carbons (Fsp3) is 0.786. The number of hydrogen-bond donors (Lipinski definition) is 0. The lowest BCUT2D eigenvalue weighted by molar-refractivity contribution is 0.217. The minimum absolute atomic E-state index is 0.643. The van der Waals surface area contributed by atoms with Crippen LogP contribution in [0, 0.1) is 5.92 Å². The third kappa shape index (κ3) is 2.39. The third-order valence-corrected chi connectivity index (χ3v) is 4.44. The van der Waals surface area contributed by atoms with Gasteiger partial charge in [-0.2, -0.15) is 5.10 Å². The second kappa shape index (κ2) is 4.81. The Labute approximate surface area is 104 Å². The van der Waals surface area contributed by atoms with Crippen LogP contribution in [0.4, 0.5) is 0 Å². The molecule has 3 nitrogen and oxygen atoms in total. The zero-order valence-corrected chi connectivity index (χ0v) is 10.8. The standard InChI is InChI=1S/C14H23N3/c1-16-11-13(9-15-16)14-7-4-8-17(14)10-12-5-2-3-6-12/h9,11-12,14H,2-8,10H2,1H3/t14-/m0/s1. The smallest absolute Gasteiger partial charge is 0.0537 e. The number of nitrogens with zero attached hydrogens (tertiary/aromatic N) is 3. The fourth-order valence-corrected chi connectivity index (χ4v) is 3.56. The maximum Gasteiger partial charge on any atom is 0.0537 e. The van der Waals surface area contributed by atoms with Crippen LogP contribution in [0.15, 0.2) is 12.4 Å². The second-order valence-electron chi connectivity index (χ2n) is 5.75. The van der Waals surface area contributed by atoms with Gasteiger partial charge < -0.3 is 0 Å². The molecule has 1 aromatic rings. The Morgan fingerprint density at radius 3 is 2.76 bits per heavy atom. The molecule has 1 saturated heterocycles. The zero-order valence-electron chi connectivity index (χ0n) is 10.8. The van der Waals surface area contributed by atoms with Crippen LogP contribution in [-0.2, 0) is 7.05 Å². The van der Waals surface area contributed by atoms with E-state index in [0.717, 1.165) is 5.92 Å². The van der Waals surface area contributed by atoms with E-state index in [0.29, 0.717) is 6.04 Å². The molecule has 1 atom stereocenters. The summed E-state index contributed by atoms with van der Waals surface area (Å²) in [5.41, 5.74) is 1.42. The monoisotopic (exact) mass is 233 g/mol. The lowest BCUT2D eigenvalue weighted by Crippen LogP contribution is -2.28. The van der Waals surface area contributed by atoms with Gasteiger partial charge >= 0.3 is 0 Å². The maximum absolute atomic E-state index is 4.32. The highest BCUT2D eigenvalue weighted by molar-refractivity contribution is 5.12. The Kier molecular flexibility index (Phi) is 3.19. The van der Waals surface area contributed by atoms with E-state index in [4.69, 9.17) is 0 Å². The van der Waals surface area contributed by atoms with Crippen molar-refractivity contribution in [3.63, 3.8) is 0 Å². The van der Waals surface area contributed by atoms with Crippen molar-refractivity contribution < 1.29 is 0 Å². The van der Waals surface area contributed by atoms with E-state index in [1.165, 1.54) is 57.2 Å². The Morgan fingerprint density at radius 2 is 2.06 bits per heavy atom. The highest BCUT2D eigenvalue weighted by atomic mass is 15.3. The van der Waals surface area contributed by atoms with Crippen molar-refractivity contribution in [3.8, 4) is 0 Å². The molecule has 0 radical (unpaired) electrons. The van der Waals surface area contributed by atoms with Gasteiger partial charge in [0.1, 0.15) is 0 Å².